The average molecular weight is 318 g/mol. The molecule has 0 aromatic heterocycles. The first-order valence-electron chi connectivity index (χ1n) is 10.3. The zero-order valence-electron chi connectivity index (χ0n) is 14.2. The Hall–Kier alpha value is -0.120. The third-order valence-corrected chi connectivity index (χ3v) is 9.01. The van der Waals surface area contributed by atoms with Crippen molar-refractivity contribution < 1.29 is 14.6 Å². The van der Waals surface area contributed by atoms with Crippen LogP contribution in [-0.4, -0.2) is 22.3 Å². The van der Waals surface area contributed by atoms with Crippen LogP contribution in [0.1, 0.15) is 83.5 Å². The topological polar surface area (TPSA) is 38.7 Å². The van der Waals surface area contributed by atoms with Crippen LogP contribution in [0.15, 0.2) is 0 Å². The van der Waals surface area contributed by atoms with Crippen LogP contribution in [0.4, 0.5) is 0 Å². The third-order valence-electron chi connectivity index (χ3n) is 9.01. The lowest BCUT2D eigenvalue weighted by Crippen LogP contribution is -2.85. The van der Waals surface area contributed by atoms with Crippen LogP contribution in [0.3, 0.4) is 0 Å². The summed E-state index contributed by atoms with van der Waals surface area (Å²) in [6.07, 6.45) is 15.7. The van der Waals surface area contributed by atoms with Gasteiger partial charge in [0, 0.05) is 18.3 Å². The van der Waals surface area contributed by atoms with Gasteiger partial charge in [0.1, 0.15) is 0 Å². The van der Waals surface area contributed by atoms with E-state index in [1.54, 1.807) is 0 Å². The minimum atomic E-state index is -0.884. The summed E-state index contributed by atoms with van der Waals surface area (Å²) < 4.78 is 13.8. The van der Waals surface area contributed by atoms with Gasteiger partial charge in [-0.25, -0.2) is 0 Å². The van der Waals surface area contributed by atoms with Crippen molar-refractivity contribution in [2.75, 3.05) is 0 Å². The van der Waals surface area contributed by atoms with Crippen molar-refractivity contribution in [3.8, 4) is 0 Å². The summed E-state index contributed by atoms with van der Waals surface area (Å²) in [6, 6.07) is 0. The molecule has 3 nitrogen and oxygen atoms in total. The van der Waals surface area contributed by atoms with E-state index in [1.807, 2.05) is 0 Å². The summed E-state index contributed by atoms with van der Waals surface area (Å²) in [4.78, 5) is 0. The molecule has 5 bridgehead atoms. The molecular formula is C20H30O3. The first-order chi connectivity index (χ1) is 11.1. The molecule has 4 saturated carbocycles. The molecule has 0 radical (unpaired) electrons. The van der Waals surface area contributed by atoms with Gasteiger partial charge in [0.2, 0.25) is 0 Å². The molecule has 0 unspecified atom stereocenters. The molecule has 0 aromatic rings. The standard InChI is InChI=1S/C20H30O3/c21-20-15-8-5-9-17(20)13-16-7-2-4-11-19(16,23-20)22-18(17)10-3-1-6-14(18)12-15/h14-16,21H,1-13H2/t14-,15+,16-,17+,18-,19+,20-/m1/s1. The SMILES string of the molecule is O[C@]12O[C@@]34CCCC[C@@H]3C[C@]13CCC[C@H]2C[C@H]1CCCC[C@@]13O4. The number of hydrogen-bond acceptors (Lipinski definition) is 3. The molecule has 3 heteroatoms. The van der Waals surface area contributed by atoms with Crippen molar-refractivity contribution in [3.05, 3.63) is 0 Å². The van der Waals surface area contributed by atoms with E-state index in [4.69, 9.17) is 9.47 Å². The van der Waals surface area contributed by atoms with E-state index in [1.165, 1.54) is 57.8 Å². The Kier molecular flexibility index (Phi) is 2.55. The van der Waals surface area contributed by atoms with Crippen LogP contribution in [0.2, 0.25) is 0 Å². The van der Waals surface area contributed by atoms with Crippen molar-refractivity contribution in [2.45, 2.75) is 101 Å². The lowest BCUT2D eigenvalue weighted by Gasteiger charge is -2.79. The van der Waals surface area contributed by atoms with Crippen molar-refractivity contribution in [1.29, 1.82) is 0 Å². The molecule has 1 N–H and O–H groups in total. The molecule has 128 valence electrons. The van der Waals surface area contributed by atoms with Gasteiger partial charge in [-0.2, -0.15) is 0 Å². The maximum atomic E-state index is 11.9. The highest BCUT2D eigenvalue weighted by molar-refractivity contribution is 5.25. The summed E-state index contributed by atoms with van der Waals surface area (Å²) in [5.74, 6) is 0.231. The van der Waals surface area contributed by atoms with Crippen molar-refractivity contribution in [1.82, 2.24) is 0 Å². The molecule has 3 spiro atoms. The van der Waals surface area contributed by atoms with Crippen molar-refractivity contribution in [2.24, 2.45) is 23.2 Å². The molecule has 23 heavy (non-hydrogen) atoms. The zero-order valence-corrected chi connectivity index (χ0v) is 14.2. The average Bonchev–Trinajstić information content (AvgIpc) is 2.52. The van der Waals surface area contributed by atoms with E-state index in [2.05, 4.69) is 0 Å². The second-order valence-corrected chi connectivity index (χ2v) is 9.60. The lowest BCUT2D eigenvalue weighted by atomic mass is 9.40. The smallest absolute Gasteiger partial charge is 0.180 e. The van der Waals surface area contributed by atoms with Crippen LogP contribution in [-0.2, 0) is 9.47 Å². The Morgan fingerprint density at radius 3 is 2.43 bits per heavy atom. The quantitative estimate of drug-likeness (QED) is 0.730. The Morgan fingerprint density at radius 2 is 1.52 bits per heavy atom. The molecule has 7 rings (SSSR count). The monoisotopic (exact) mass is 318 g/mol. The fourth-order valence-electron chi connectivity index (χ4n) is 8.27. The largest absolute Gasteiger partial charge is 0.365 e. The Morgan fingerprint density at radius 1 is 0.739 bits per heavy atom. The molecule has 0 aromatic carbocycles. The highest BCUT2D eigenvalue weighted by Gasteiger charge is 2.82. The number of rotatable bonds is 0. The van der Waals surface area contributed by atoms with Gasteiger partial charge >= 0.3 is 0 Å². The van der Waals surface area contributed by atoms with Gasteiger partial charge in [0.05, 0.1) is 11.0 Å². The summed E-state index contributed by atoms with van der Waals surface area (Å²) in [6.45, 7) is 0. The van der Waals surface area contributed by atoms with E-state index >= 15 is 0 Å². The van der Waals surface area contributed by atoms with Crippen molar-refractivity contribution in [3.63, 3.8) is 0 Å². The minimum absolute atomic E-state index is 0.0665. The normalized spacial score (nSPS) is 63.3. The van der Waals surface area contributed by atoms with Gasteiger partial charge in [0.25, 0.3) is 0 Å². The van der Waals surface area contributed by atoms with E-state index < -0.39 is 11.6 Å². The molecule has 4 aliphatic carbocycles. The van der Waals surface area contributed by atoms with E-state index in [0.29, 0.717) is 17.8 Å². The lowest BCUT2D eigenvalue weighted by molar-refractivity contribution is -0.565. The second kappa shape index (κ2) is 4.16. The van der Waals surface area contributed by atoms with E-state index in [-0.39, 0.29) is 11.0 Å². The summed E-state index contributed by atoms with van der Waals surface area (Å²) in [5, 5.41) is 11.9. The van der Waals surface area contributed by atoms with Crippen LogP contribution in [0, 0.1) is 23.2 Å². The van der Waals surface area contributed by atoms with E-state index in [0.717, 1.165) is 25.7 Å². The van der Waals surface area contributed by atoms with Gasteiger partial charge in [-0.3, -0.25) is 0 Å². The molecule has 7 aliphatic rings. The predicted octanol–water partition coefficient (Wildman–Crippen LogP) is 4.13. The number of hydrogen-bond donors (Lipinski definition) is 1. The fraction of sp³-hybridized carbons (Fsp3) is 1.00. The van der Waals surface area contributed by atoms with Crippen LogP contribution in [0.5, 0.6) is 0 Å². The first kappa shape index (κ1) is 14.1. The second-order valence-electron chi connectivity index (χ2n) is 9.60. The van der Waals surface area contributed by atoms with Gasteiger partial charge in [-0.1, -0.05) is 25.7 Å². The number of ether oxygens (including phenoxy) is 2. The summed E-state index contributed by atoms with van der Waals surface area (Å²) in [5.41, 5.74) is -0.168. The van der Waals surface area contributed by atoms with Crippen LogP contribution in [0.25, 0.3) is 0 Å². The van der Waals surface area contributed by atoms with Crippen LogP contribution < -0.4 is 0 Å². The summed E-state index contributed by atoms with van der Waals surface area (Å²) >= 11 is 0. The highest BCUT2D eigenvalue weighted by atomic mass is 16.8. The van der Waals surface area contributed by atoms with Crippen molar-refractivity contribution >= 4 is 0 Å². The maximum absolute atomic E-state index is 11.9. The Balaban J connectivity index is 1.58. The Bertz CT molecular complexity index is 549. The molecule has 3 heterocycles. The molecular weight excluding hydrogens is 288 g/mol. The van der Waals surface area contributed by atoms with Crippen LogP contribution >= 0.6 is 0 Å². The molecule has 0 amide bonds. The maximum Gasteiger partial charge on any atom is 0.180 e. The van der Waals surface area contributed by atoms with E-state index in [9.17, 15) is 5.11 Å². The van der Waals surface area contributed by atoms with Gasteiger partial charge in [-0.15, -0.1) is 0 Å². The number of aliphatic hydroxyl groups is 1. The predicted molar refractivity (Wildman–Crippen MR) is 85.5 cm³/mol. The highest BCUT2D eigenvalue weighted by Crippen LogP contribution is 2.77. The molecule has 7 fully saturated rings. The van der Waals surface area contributed by atoms with Gasteiger partial charge in [0.15, 0.2) is 11.6 Å². The Labute approximate surface area is 139 Å². The van der Waals surface area contributed by atoms with Gasteiger partial charge in [-0.05, 0) is 57.3 Å². The fourth-order valence-corrected chi connectivity index (χ4v) is 8.27. The molecule has 3 aliphatic heterocycles. The summed E-state index contributed by atoms with van der Waals surface area (Å²) in [7, 11) is 0. The third kappa shape index (κ3) is 1.36. The minimum Gasteiger partial charge on any atom is -0.365 e. The van der Waals surface area contributed by atoms with Gasteiger partial charge < -0.3 is 14.6 Å². The molecule has 7 atom stereocenters. The zero-order chi connectivity index (χ0) is 15.3. The molecule has 3 saturated heterocycles. The first-order valence-corrected chi connectivity index (χ1v) is 10.3.